The Balaban J connectivity index is 1.40. The molecule has 0 aliphatic heterocycles. The summed E-state index contributed by atoms with van der Waals surface area (Å²) in [6, 6.07) is 11.3. The molecule has 0 fully saturated rings. The van der Waals surface area contributed by atoms with Crippen LogP contribution < -0.4 is 11.1 Å². The van der Waals surface area contributed by atoms with Crippen LogP contribution >= 0.6 is 0 Å². The van der Waals surface area contributed by atoms with Crippen LogP contribution in [-0.4, -0.2) is 41.0 Å². The van der Waals surface area contributed by atoms with E-state index in [1.807, 2.05) is 19.0 Å². The fraction of sp³-hybridized carbons (Fsp3) is 0.261. The number of benzene rings is 2. The van der Waals surface area contributed by atoms with Gasteiger partial charge in [-0.05, 0) is 44.4 Å². The van der Waals surface area contributed by atoms with E-state index < -0.39 is 11.6 Å². The first-order chi connectivity index (χ1) is 15.4. The van der Waals surface area contributed by atoms with E-state index in [2.05, 4.69) is 10.3 Å². The monoisotopic (exact) mass is 438 g/mol. The van der Waals surface area contributed by atoms with Gasteiger partial charge in [-0.25, -0.2) is 14.2 Å². The number of carbonyl (C=O) groups is 1. The lowest BCUT2D eigenvalue weighted by Crippen LogP contribution is -2.23. The van der Waals surface area contributed by atoms with Crippen LogP contribution in [0.25, 0.3) is 22.4 Å². The molecule has 2 heterocycles. The minimum atomic E-state index is -0.431. The van der Waals surface area contributed by atoms with Gasteiger partial charge in [0.15, 0.2) is 17.2 Å². The Bertz CT molecular complexity index is 1300. The molecule has 0 aliphatic carbocycles. The lowest BCUT2D eigenvalue weighted by molar-refractivity contribution is -0.116. The van der Waals surface area contributed by atoms with Crippen molar-refractivity contribution in [1.29, 1.82) is 0 Å². The zero-order valence-corrected chi connectivity index (χ0v) is 17.8. The number of aromatic nitrogens is 2. The Hall–Kier alpha value is -3.72. The number of nitrogens with zero attached hydrogens (tertiary/aromatic N) is 3. The lowest BCUT2D eigenvalue weighted by Gasteiger charge is -2.10. The Morgan fingerprint density at radius 3 is 2.78 bits per heavy atom. The molecule has 1 N–H and O–H groups in total. The van der Waals surface area contributed by atoms with Crippen molar-refractivity contribution in [1.82, 2.24) is 14.5 Å². The van der Waals surface area contributed by atoms with Gasteiger partial charge >= 0.3 is 5.76 Å². The third-order valence-electron chi connectivity index (χ3n) is 4.98. The number of rotatable bonds is 8. The fourth-order valence-corrected chi connectivity index (χ4v) is 3.31. The number of oxazole rings is 2. The van der Waals surface area contributed by atoms with Gasteiger partial charge < -0.3 is 19.1 Å². The molecule has 0 unspecified atom stereocenters. The third kappa shape index (κ3) is 4.78. The van der Waals surface area contributed by atoms with Crippen LogP contribution in [0.15, 0.2) is 62.3 Å². The highest BCUT2D eigenvalue weighted by atomic mass is 19.1. The maximum atomic E-state index is 13.9. The van der Waals surface area contributed by atoms with E-state index in [4.69, 9.17) is 8.83 Å². The van der Waals surface area contributed by atoms with E-state index >= 15 is 0 Å². The number of halogens is 1. The van der Waals surface area contributed by atoms with Gasteiger partial charge in [-0.2, -0.15) is 0 Å². The van der Waals surface area contributed by atoms with Crippen LogP contribution in [0.4, 0.5) is 10.1 Å². The molecule has 2 aromatic heterocycles. The summed E-state index contributed by atoms with van der Waals surface area (Å²) in [4.78, 5) is 30.6. The number of anilines is 1. The van der Waals surface area contributed by atoms with Crippen LogP contribution in [0.1, 0.15) is 12.3 Å². The molecule has 4 aromatic rings. The Labute approximate surface area is 183 Å². The predicted molar refractivity (Wildman–Crippen MR) is 118 cm³/mol. The molecule has 0 bridgehead atoms. The second-order valence-corrected chi connectivity index (χ2v) is 7.65. The summed E-state index contributed by atoms with van der Waals surface area (Å²) < 4.78 is 26.3. The van der Waals surface area contributed by atoms with Crippen molar-refractivity contribution in [3.05, 3.63) is 70.9 Å². The van der Waals surface area contributed by atoms with E-state index in [0.717, 1.165) is 0 Å². The molecule has 0 atom stereocenters. The predicted octanol–water partition coefficient (Wildman–Crippen LogP) is 3.52. The van der Waals surface area contributed by atoms with Crippen LogP contribution in [0.3, 0.4) is 0 Å². The van der Waals surface area contributed by atoms with E-state index in [0.29, 0.717) is 47.1 Å². The van der Waals surface area contributed by atoms with E-state index in [9.17, 15) is 14.0 Å². The highest BCUT2D eigenvalue weighted by molar-refractivity contribution is 5.92. The number of carbonyl (C=O) groups excluding carboxylic acids is 1. The van der Waals surface area contributed by atoms with Crippen LogP contribution in [-0.2, 0) is 17.8 Å². The normalized spacial score (nSPS) is 11.4. The highest BCUT2D eigenvalue weighted by Crippen LogP contribution is 2.24. The second-order valence-electron chi connectivity index (χ2n) is 7.65. The van der Waals surface area contributed by atoms with Gasteiger partial charge in [-0.1, -0.05) is 12.1 Å². The first kappa shape index (κ1) is 21.5. The molecule has 1 amide bonds. The Kier molecular flexibility index (Phi) is 6.18. The van der Waals surface area contributed by atoms with E-state index in [1.54, 1.807) is 41.0 Å². The smallest absolute Gasteiger partial charge is 0.419 e. The first-order valence-corrected chi connectivity index (χ1v) is 10.2. The highest BCUT2D eigenvalue weighted by Gasteiger charge is 2.14. The molecule has 32 heavy (non-hydrogen) atoms. The minimum Gasteiger partial charge on any atom is -0.441 e. The van der Waals surface area contributed by atoms with Crippen LogP contribution in [0.2, 0.25) is 0 Å². The SMILES string of the molecule is CN(C)CCn1c(=O)oc2ccc(NC(=O)CCc3ncc(-c4ccccc4F)o3)cc21. The molecule has 8 nitrogen and oxygen atoms in total. The quantitative estimate of drug-likeness (QED) is 0.452. The molecular formula is C23H23FN4O4. The summed E-state index contributed by atoms with van der Waals surface area (Å²) in [6.45, 7) is 1.15. The summed E-state index contributed by atoms with van der Waals surface area (Å²) in [5.74, 6) is -0.395. The van der Waals surface area contributed by atoms with Gasteiger partial charge in [-0.15, -0.1) is 0 Å². The summed E-state index contributed by atoms with van der Waals surface area (Å²) in [7, 11) is 3.85. The molecule has 0 radical (unpaired) electrons. The van der Waals surface area contributed by atoms with Crippen molar-refractivity contribution in [2.75, 3.05) is 26.0 Å². The molecule has 4 rings (SSSR count). The standard InChI is InChI=1S/C23H23FN4O4/c1-27(2)11-12-28-18-13-15(7-8-19(18)32-23(28)30)26-21(29)9-10-22-25-14-20(31-22)16-5-3-4-6-17(16)24/h3-8,13-14H,9-12H2,1-2H3,(H,26,29). The van der Waals surface area contributed by atoms with Crippen molar-refractivity contribution in [3.8, 4) is 11.3 Å². The van der Waals surface area contributed by atoms with Crippen LogP contribution in [0.5, 0.6) is 0 Å². The van der Waals surface area contributed by atoms with Crippen molar-refractivity contribution in [2.24, 2.45) is 0 Å². The molecule has 0 aliphatic rings. The van der Waals surface area contributed by atoms with Gasteiger partial charge in [0.25, 0.3) is 0 Å². The molecular weight excluding hydrogens is 415 g/mol. The maximum Gasteiger partial charge on any atom is 0.419 e. The zero-order chi connectivity index (χ0) is 22.7. The van der Waals surface area contributed by atoms with Crippen molar-refractivity contribution < 1.29 is 18.0 Å². The maximum absolute atomic E-state index is 13.9. The number of fused-ring (bicyclic) bond motifs is 1. The van der Waals surface area contributed by atoms with E-state index in [-0.39, 0.29) is 18.7 Å². The Morgan fingerprint density at radius 1 is 1.19 bits per heavy atom. The molecule has 0 spiro atoms. The molecule has 0 saturated carbocycles. The first-order valence-electron chi connectivity index (χ1n) is 10.2. The van der Waals surface area contributed by atoms with E-state index in [1.165, 1.54) is 12.3 Å². The van der Waals surface area contributed by atoms with Crippen molar-refractivity contribution >= 4 is 22.7 Å². The lowest BCUT2D eigenvalue weighted by atomic mass is 10.2. The summed E-state index contributed by atoms with van der Waals surface area (Å²) in [6.07, 6.45) is 1.85. The van der Waals surface area contributed by atoms with Crippen LogP contribution in [0, 0.1) is 5.82 Å². The van der Waals surface area contributed by atoms with Gasteiger partial charge in [0.05, 0.1) is 17.3 Å². The average Bonchev–Trinajstić information content (AvgIpc) is 3.35. The number of nitrogens with one attached hydrogen (secondary N) is 1. The molecule has 9 heteroatoms. The fourth-order valence-electron chi connectivity index (χ4n) is 3.31. The average molecular weight is 438 g/mol. The summed E-state index contributed by atoms with van der Waals surface area (Å²) >= 11 is 0. The van der Waals surface area contributed by atoms with Crippen molar-refractivity contribution in [3.63, 3.8) is 0 Å². The van der Waals surface area contributed by atoms with Gasteiger partial charge in [-0.3, -0.25) is 9.36 Å². The third-order valence-corrected chi connectivity index (χ3v) is 4.98. The number of amides is 1. The molecule has 2 aromatic carbocycles. The van der Waals surface area contributed by atoms with Gasteiger partial charge in [0.1, 0.15) is 5.82 Å². The topological polar surface area (TPSA) is 93.5 Å². The second kappa shape index (κ2) is 9.19. The minimum absolute atomic E-state index is 0.133. The molecule has 0 saturated heterocycles. The summed E-state index contributed by atoms with van der Waals surface area (Å²) in [5, 5.41) is 2.82. The number of hydrogen-bond donors (Lipinski definition) is 1. The molecule has 166 valence electrons. The van der Waals surface area contributed by atoms with Crippen molar-refractivity contribution in [2.45, 2.75) is 19.4 Å². The Morgan fingerprint density at radius 2 is 2.00 bits per heavy atom. The number of hydrogen-bond acceptors (Lipinski definition) is 6. The van der Waals surface area contributed by atoms with Gasteiger partial charge in [0, 0.05) is 31.6 Å². The zero-order valence-electron chi connectivity index (χ0n) is 17.8. The number of likely N-dealkylation sites (N-methyl/N-ethyl adjacent to an activating group) is 1. The summed E-state index contributed by atoms with van der Waals surface area (Å²) in [5.41, 5.74) is 1.97. The largest absolute Gasteiger partial charge is 0.441 e. The number of aryl methyl sites for hydroxylation is 1. The van der Waals surface area contributed by atoms with Gasteiger partial charge in [0.2, 0.25) is 5.91 Å².